The minimum atomic E-state index is -3.66. The molecule has 3 rings (SSSR count). The van der Waals surface area contributed by atoms with Crippen molar-refractivity contribution in [2.75, 3.05) is 13.1 Å². The zero-order valence-corrected chi connectivity index (χ0v) is 12.7. The summed E-state index contributed by atoms with van der Waals surface area (Å²) in [6, 6.07) is 5.95. The van der Waals surface area contributed by atoms with Gasteiger partial charge in [0.2, 0.25) is 10.0 Å². The molecule has 1 saturated heterocycles. The number of benzene rings is 1. The zero-order valence-electron chi connectivity index (χ0n) is 11.9. The number of hydrogen-bond acceptors (Lipinski definition) is 4. The van der Waals surface area contributed by atoms with Crippen LogP contribution in [0.15, 0.2) is 41.6 Å². The van der Waals surface area contributed by atoms with E-state index < -0.39 is 15.8 Å². The molecule has 1 fully saturated rings. The van der Waals surface area contributed by atoms with Gasteiger partial charge in [0.05, 0.1) is 12.4 Å². The molecule has 8 heteroatoms. The van der Waals surface area contributed by atoms with E-state index in [4.69, 9.17) is 0 Å². The molecule has 2 aromatic rings. The second-order valence-corrected chi connectivity index (χ2v) is 6.95. The first-order chi connectivity index (χ1) is 10.6. The summed E-state index contributed by atoms with van der Waals surface area (Å²) >= 11 is 0. The fourth-order valence-corrected chi connectivity index (χ4v) is 3.65. The highest BCUT2D eigenvalue weighted by Gasteiger charge is 2.23. The second-order valence-electron chi connectivity index (χ2n) is 5.24. The molecule has 0 bridgehead atoms. The summed E-state index contributed by atoms with van der Waals surface area (Å²) in [5.74, 6) is -0.459. The molecule has 0 spiro atoms. The van der Waals surface area contributed by atoms with Crippen molar-refractivity contribution in [2.24, 2.45) is 0 Å². The predicted molar refractivity (Wildman–Crippen MR) is 79.7 cm³/mol. The van der Waals surface area contributed by atoms with Gasteiger partial charge in [-0.15, -0.1) is 0 Å². The van der Waals surface area contributed by atoms with Gasteiger partial charge in [-0.05, 0) is 31.5 Å². The molecule has 1 atom stereocenters. The van der Waals surface area contributed by atoms with E-state index in [1.165, 1.54) is 29.2 Å². The van der Waals surface area contributed by atoms with Crippen LogP contribution in [0.1, 0.15) is 12.8 Å². The molecule has 1 aliphatic rings. The Balaban J connectivity index is 1.82. The average molecular weight is 324 g/mol. The fourth-order valence-electron chi connectivity index (χ4n) is 2.45. The third kappa shape index (κ3) is 3.18. The van der Waals surface area contributed by atoms with Crippen molar-refractivity contribution in [1.82, 2.24) is 19.8 Å². The molecule has 2 N–H and O–H groups in total. The lowest BCUT2D eigenvalue weighted by molar-refractivity contribution is 0.428. The first kappa shape index (κ1) is 15.1. The lowest BCUT2D eigenvalue weighted by Gasteiger charge is -2.23. The molecule has 0 aliphatic carbocycles. The van der Waals surface area contributed by atoms with Gasteiger partial charge in [-0.25, -0.2) is 22.2 Å². The molecular formula is C14H17FN4O2S. The molecule has 1 aliphatic heterocycles. The van der Waals surface area contributed by atoms with Crippen molar-refractivity contribution in [3.8, 4) is 5.69 Å². The predicted octanol–water partition coefficient (Wildman–Crippen LogP) is 1.04. The van der Waals surface area contributed by atoms with E-state index >= 15 is 0 Å². The van der Waals surface area contributed by atoms with Crippen LogP contribution >= 0.6 is 0 Å². The third-order valence-electron chi connectivity index (χ3n) is 3.59. The largest absolute Gasteiger partial charge is 0.315 e. The summed E-state index contributed by atoms with van der Waals surface area (Å²) < 4.78 is 42.3. The van der Waals surface area contributed by atoms with Crippen LogP contribution in [0, 0.1) is 5.82 Å². The van der Waals surface area contributed by atoms with Crippen LogP contribution < -0.4 is 10.0 Å². The molecule has 1 aromatic heterocycles. The molecule has 6 nitrogen and oxygen atoms in total. The highest BCUT2D eigenvalue weighted by molar-refractivity contribution is 7.89. The van der Waals surface area contributed by atoms with E-state index in [2.05, 4.69) is 15.1 Å². The Kier molecular flexibility index (Phi) is 4.23. The maximum Gasteiger partial charge on any atom is 0.244 e. The van der Waals surface area contributed by atoms with Gasteiger partial charge in [0.1, 0.15) is 16.4 Å². The number of hydrogen-bond donors (Lipinski definition) is 2. The minimum Gasteiger partial charge on any atom is -0.315 e. The molecular weight excluding hydrogens is 307 g/mol. The van der Waals surface area contributed by atoms with Crippen LogP contribution in [0.25, 0.3) is 5.69 Å². The van der Waals surface area contributed by atoms with E-state index in [1.54, 1.807) is 12.1 Å². The Hall–Kier alpha value is -1.77. The van der Waals surface area contributed by atoms with Crippen LogP contribution in [-0.2, 0) is 10.0 Å². The maximum atomic E-state index is 13.7. The standard InChI is InChI=1S/C14H17FN4O2S/c15-13-5-1-2-6-14(13)19-10-12(9-17-19)22(20,21)18-11-4-3-7-16-8-11/h1-2,5-6,9-11,16,18H,3-4,7-8H2. The number of halogens is 1. The normalized spacial score (nSPS) is 19.2. The molecule has 1 unspecified atom stereocenters. The number of rotatable bonds is 4. The quantitative estimate of drug-likeness (QED) is 0.881. The van der Waals surface area contributed by atoms with Gasteiger partial charge in [-0.3, -0.25) is 0 Å². The molecule has 0 radical (unpaired) electrons. The highest BCUT2D eigenvalue weighted by Crippen LogP contribution is 2.16. The van der Waals surface area contributed by atoms with E-state index in [9.17, 15) is 12.8 Å². The van der Waals surface area contributed by atoms with E-state index in [0.29, 0.717) is 6.54 Å². The Morgan fingerprint density at radius 1 is 1.36 bits per heavy atom. The monoisotopic (exact) mass is 324 g/mol. The Morgan fingerprint density at radius 2 is 2.18 bits per heavy atom. The Labute approximate surface area is 128 Å². The van der Waals surface area contributed by atoms with E-state index in [0.717, 1.165) is 19.4 Å². The van der Waals surface area contributed by atoms with Gasteiger partial charge in [0.15, 0.2) is 0 Å². The molecule has 22 heavy (non-hydrogen) atoms. The SMILES string of the molecule is O=S(=O)(NC1CCCNC1)c1cnn(-c2ccccc2F)c1. The van der Waals surface area contributed by atoms with Gasteiger partial charge in [-0.2, -0.15) is 5.10 Å². The summed E-state index contributed by atoms with van der Waals surface area (Å²) in [6.45, 7) is 1.52. The molecule has 118 valence electrons. The topological polar surface area (TPSA) is 76.0 Å². The number of para-hydroxylation sites is 1. The lowest BCUT2D eigenvalue weighted by Crippen LogP contribution is -2.45. The minimum absolute atomic E-state index is 0.0290. The molecule has 1 aromatic carbocycles. The number of nitrogens with one attached hydrogen (secondary N) is 2. The number of sulfonamides is 1. The van der Waals surface area contributed by atoms with Gasteiger partial charge >= 0.3 is 0 Å². The fraction of sp³-hybridized carbons (Fsp3) is 0.357. The summed E-state index contributed by atoms with van der Waals surface area (Å²) in [5.41, 5.74) is 0.211. The number of aromatic nitrogens is 2. The Bertz CT molecular complexity index is 754. The van der Waals surface area contributed by atoms with Crippen LogP contribution in [0.4, 0.5) is 4.39 Å². The molecule has 2 heterocycles. The highest BCUT2D eigenvalue weighted by atomic mass is 32.2. The first-order valence-corrected chi connectivity index (χ1v) is 8.57. The maximum absolute atomic E-state index is 13.7. The van der Waals surface area contributed by atoms with Crippen LogP contribution in [0.5, 0.6) is 0 Å². The van der Waals surface area contributed by atoms with Crippen molar-refractivity contribution >= 4 is 10.0 Å². The number of piperidine rings is 1. The van der Waals surface area contributed by atoms with Crippen LogP contribution in [0.2, 0.25) is 0 Å². The van der Waals surface area contributed by atoms with Crippen molar-refractivity contribution < 1.29 is 12.8 Å². The van der Waals surface area contributed by atoms with Gasteiger partial charge in [0.25, 0.3) is 0 Å². The van der Waals surface area contributed by atoms with Crippen molar-refractivity contribution in [3.05, 3.63) is 42.5 Å². The molecule has 0 saturated carbocycles. The van der Waals surface area contributed by atoms with Crippen LogP contribution in [0.3, 0.4) is 0 Å². The van der Waals surface area contributed by atoms with Crippen molar-refractivity contribution in [2.45, 2.75) is 23.8 Å². The molecule has 0 amide bonds. The van der Waals surface area contributed by atoms with E-state index in [1.807, 2.05) is 0 Å². The first-order valence-electron chi connectivity index (χ1n) is 7.09. The second kappa shape index (κ2) is 6.15. The Morgan fingerprint density at radius 3 is 2.91 bits per heavy atom. The van der Waals surface area contributed by atoms with Crippen molar-refractivity contribution in [1.29, 1.82) is 0 Å². The summed E-state index contributed by atoms with van der Waals surface area (Å²) in [5, 5.41) is 7.10. The third-order valence-corrected chi connectivity index (χ3v) is 5.06. The summed E-state index contributed by atoms with van der Waals surface area (Å²) in [7, 11) is -3.66. The number of nitrogens with zero attached hydrogens (tertiary/aromatic N) is 2. The summed E-state index contributed by atoms with van der Waals surface area (Å²) in [6.07, 6.45) is 4.28. The van der Waals surface area contributed by atoms with Gasteiger partial charge < -0.3 is 5.32 Å². The smallest absolute Gasteiger partial charge is 0.244 e. The van der Waals surface area contributed by atoms with Crippen LogP contribution in [-0.4, -0.2) is 37.3 Å². The summed E-state index contributed by atoms with van der Waals surface area (Å²) in [4.78, 5) is 0.0290. The van der Waals surface area contributed by atoms with Gasteiger partial charge in [-0.1, -0.05) is 12.1 Å². The average Bonchev–Trinajstić information content (AvgIpc) is 2.99. The van der Waals surface area contributed by atoms with Crippen molar-refractivity contribution in [3.63, 3.8) is 0 Å². The van der Waals surface area contributed by atoms with E-state index in [-0.39, 0.29) is 16.6 Å². The zero-order chi connectivity index (χ0) is 15.6. The van der Waals surface area contributed by atoms with Gasteiger partial charge in [0, 0.05) is 12.6 Å². The lowest BCUT2D eigenvalue weighted by atomic mass is 10.1.